The van der Waals surface area contributed by atoms with Gasteiger partial charge in [-0.05, 0) is 44.9 Å². The topological polar surface area (TPSA) is 90.3 Å². The Bertz CT molecular complexity index is 1100. The first-order valence-corrected chi connectivity index (χ1v) is 10.2. The van der Waals surface area contributed by atoms with Gasteiger partial charge in [-0.2, -0.15) is 0 Å². The van der Waals surface area contributed by atoms with Gasteiger partial charge in [0.25, 0.3) is 11.5 Å². The molecule has 0 aliphatic heterocycles. The summed E-state index contributed by atoms with van der Waals surface area (Å²) in [6.45, 7) is 7.03. The molecule has 7 nitrogen and oxygen atoms in total. The van der Waals surface area contributed by atoms with Crippen molar-refractivity contribution in [2.75, 3.05) is 5.32 Å². The third kappa shape index (κ3) is 4.22. The number of aromatic nitrogens is 2. The summed E-state index contributed by atoms with van der Waals surface area (Å²) in [6, 6.07) is 8.28. The van der Waals surface area contributed by atoms with Crippen LogP contribution in [0.4, 0.5) is 5.69 Å². The van der Waals surface area contributed by atoms with Crippen LogP contribution in [-0.2, 0) is 9.53 Å². The lowest BCUT2D eigenvalue weighted by molar-refractivity contribution is -0.152. The number of nitrogens with one attached hydrogen (secondary N) is 1. The molecule has 2 heterocycles. The second-order valence-electron chi connectivity index (χ2n) is 6.85. The zero-order valence-electron chi connectivity index (χ0n) is 16.8. The molecule has 0 saturated heterocycles. The number of ether oxygens (including phenoxy) is 1. The van der Waals surface area contributed by atoms with Crippen molar-refractivity contribution in [3.8, 4) is 0 Å². The fraction of sp³-hybridized carbons (Fsp3) is 0.333. The van der Waals surface area contributed by atoms with Gasteiger partial charge in [-0.1, -0.05) is 25.1 Å². The standard InChI is InChI=1S/C21H23N3O4S/c1-5-12(2)28-21(27)14(4)24-11-22-19-16(20(24)26)13(3)17(29-19)18(25)23-15-9-7-6-8-10-15/h6-12,14H,5H2,1-4H3,(H,23,25)/t12-,14+/m1/s1. The molecule has 2 atom stereocenters. The van der Waals surface area contributed by atoms with Crippen LogP contribution in [0.3, 0.4) is 0 Å². The molecular weight excluding hydrogens is 390 g/mol. The van der Waals surface area contributed by atoms with E-state index in [1.165, 1.54) is 10.9 Å². The van der Waals surface area contributed by atoms with E-state index in [0.717, 1.165) is 11.3 Å². The number of esters is 1. The second-order valence-corrected chi connectivity index (χ2v) is 7.84. The van der Waals surface area contributed by atoms with Crippen LogP contribution in [0.2, 0.25) is 0 Å². The highest BCUT2D eigenvalue weighted by Crippen LogP contribution is 2.28. The number of anilines is 1. The first-order valence-electron chi connectivity index (χ1n) is 9.40. The van der Waals surface area contributed by atoms with Gasteiger partial charge in [0, 0.05) is 5.69 Å². The van der Waals surface area contributed by atoms with E-state index in [9.17, 15) is 14.4 Å². The molecule has 1 aromatic carbocycles. The summed E-state index contributed by atoms with van der Waals surface area (Å²) >= 11 is 1.16. The molecule has 29 heavy (non-hydrogen) atoms. The number of carbonyl (C=O) groups excluding carboxylic acids is 2. The number of aryl methyl sites for hydroxylation is 1. The van der Waals surface area contributed by atoms with Crippen LogP contribution in [0.25, 0.3) is 10.2 Å². The van der Waals surface area contributed by atoms with E-state index in [-0.39, 0.29) is 17.6 Å². The fourth-order valence-corrected chi connectivity index (χ4v) is 3.87. The van der Waals surface area contributed by atoms with Crippen LogP contribution in [0, 0.1) is 6.92 Å². The minimum atomic E-state index is -0.811. The van der Waals surface area contributed by atoms with E-state index in [0.29, 0.717) is 32.8 Å². The molecule has 0 aliphatic rings. The van der Waals surface area contributed by atoms with Gasteiger partial charge in [0.05, 0.1) is 22.7 Å². The van der Waals surface area contributed by atoms with Crippen molar-refractivity contribution in [2.24, 2.45) is 0 Å². The normalized spacial score (nSPS) is 13.1. The first kappa shape index (κ1) is 20.7. The Hall–Kier alpha value is -3.00. The van der Waals surface area contributed by atoms with Crippen LogP contribution in [0.1, 0.15) is 48.5 Å². The minimum absolute atomic E-state index is 0.228. The predicted molar refractivity (Wildman–Crippen MR) is 114 cm³/mol. The van der Waals surface area contributed by atoms with E-state index in [4.69, 9.17) is 4.74 Å². The highest BCUT2D eigenvalue weighted by molar-refractivity contribution is 7.20. The van der Waals surface area contributed by atoms with E-state index in [1.807, 2.05) is 25.1 Å². The van der Waals surface area contributed by atoms with Crippen molar-refractivity contribution in [2.45, 2.75) is 46.3 Å². The quantitative estimate of drug-likeness (QED) is 0.619. The Kier molecular flexibility index (Phi) is 6.12. The van der Waals surface area contributed by atoms with Gasteiger partial charge >= 0.3 is 5.97 Å². The third-order valence-electron chi connectivity index (χ3n) is 4.76. The SMILES string of the molecule is CC[C@@H](C)OC(=O)[C@H](C)n1cnc2sc(C(=O)Nc3ccccc3)c(C)c2c1=O. The van der Waals surface area contributed by atoms with Crippen molar-refractivity contribution in [1.29, 1.82) is 0 Å². The van der Waals surface area contributed by atoms with Gasteiger partial charge in [-0.3, -0.25) is 14.2 Å². The maximum atomic E-state index is 13.0. The number of hydrogen-bond donors (Lipinski definition) is 1. The maximum Gasteiger partial charge on any atom is 0.329 e. The van der Waals surface area contributed by atoms with Gasteiger partial charge in [0.15, 0.2) is 0 Å². The number of carbonyl (C=O) groups is 2. The lowest BCUT2D eigenvalue weighted by Crippen LogP contribution is -2.31. The highest BCUT2D eigenvalue weighted by atomic mass is 32.1. The van der Waals surface area contributed by atoms with Crippen LogP contribution >= 0.6 is 11.3 Å². The number of rotatable bonds is 6. The van der Waals surface area contributed by atoms with Crippen molar-refractivity contribution in [1.82, 2.24) is 9.55 Å². The largest absolute Gasteiger partial charge is 0.461 e. The number of para-hydroxylation sites is 1. The van der Waals surface area contributed by atoms with Gasteiger partial charge in [0.1, 0.15) is 10.9 Å². The number of nitrogens with zero attached hydrogens (tertiary/aromatic N) is 2. The van der Waals surface area contributed by atoms with E-state index < -0.39 is 12.0 Å². The summed E-state index contributed by atoms with van der Waals surface area (Å²) < 4.78 is 6.59. The minimum Gasteiger partial charge on any atom is -0.461 e. The van der Waals surface area contributed by atoms with Crippen molar-refractivity contribution in [3.63, 3.8) is 0 Å². The predicted octanol–water partition coefficient (Wildman–Crippen LogP) is 3.92. The van der Waals surface area contributed by atoms with E-state index in [2.05, 4.69) is 10.3 Å². The number of amides is 1. The Balaban J connectivity index is 1.95. The molecule has 0 spiro atoms. The zero-order valence-corrected chi connectivity index (χ0v) is 17.6. The smallest absolute Gasteiger partial charge is 0.329 e. The van der Waals surface area contributed by atoms with Crippen molar-refractivity contribution in [3.05, 3.63) is 57.5 Å². The van der Waals surface area contributed by atoms with Gasteiger partial charge < -0.3 is 10.1 Å². The molecule has 0 bridgehead atoms. The molecular formula is C21H23N3O4S. The maximum absolute atomic E-state index is 13.0. The first-order chi connectivity index (χ1) is 13.8. The number of thiophene rings is 1. The fourth-order valence-electron chi connectivity index (χ4n) is 2.83. The molecule has 1 amide bonds. The molecule has 0 unspecified atom stereocenters. The molecule has 0 radical (unpaired) electrons. The summed E-state index contributed by atoms with van der Waals surface area (Å²) in [4.78, 5) is 43.2. The third-order valence-corrected chi connectivity index (χ3v) is 5.96. The molecule has 152 valence electrons. The monoisotopic (exact) mass is 413 g/mol. The van der Waals surface area contributed by atoms with Gasteiger partial charge in [-0.15, -0.1) is 11.3 Å². The molecule has 8 heteroatoms. The van der Waals surface area contributed by atoms with Crippen LogP contribution in [0.15, 0.2) is 41.5 Å². The van der Waals surface area contributed by atoms with E-state index in [1.54, 1.807) is 32.9 Å². The number of hydrogen-bond acceptors (Lipinski definition) is 6. The summed E-state index contributed by atoms with van der Waals surface area (Å²) in [6.07, 6.45) is 1.80. The molecule has 1 N–H and O–H groups in total. The van der Waals surface area contributed by atoms with Gasteiger partial charge in [0.2, 0.25) is 0 Å². The molecule has 0 saturated carbocycles. The van der Waals surface area contributed by atoms with Crippen LogP contribution in [-0.4, -0.2) is 27.5 Å². The number of fused-ring (bicyclic) bond motifs is 1. The van der Waals surface area contributed by atoms with Gasteiger partial charge in [-0.25, -0.2) is 9.78 Å². The Morgan fingerprint density at radius 1 is 1.24 bits per heavy atom. The number of benzene rings is 1. The lowest BCUT2D eigenvalue weighted by atomic mass is 10.2. The Morgan fingerprint density at radius 3 is 2.59 bits per heavy atom. The second kappa shape index (κ2) is 8.57. The molecule has 3 rings (SSSR count). The molecule has 0 fully saturated rings. The molecule has 2 aromatic heterocycles. The molecule has 0 aliphatic carbocycles. The molecule has 3 aromatic rings. The zero-order chi connectivity index (χ0) is 21.1. The van der Waals surface area contributed by atoms with Crippen LogP contribution < -0.4 is 10.9 Å². The Morgan fingerprint density at radius 2 is 1.93 bits per heavy atom. The van der Waals surface area contributed by atoms with Crippen molar-refractivity contribution < 1.29 is 14.3 Å². The Labute approximate surface area is 172 Å². The summed E-state index contributed by atoms with van der Waals surface area (Å²) in [7, 11) is 0. The highest BCUT2D eigenvalue weighted by Gasteiger charge is 2.24. The average molecular weight is 413 g/mol. The van der Waals surface area contributed by atoms with Crippen molar-refractivity contribution >= 4 is 39.1 Å². The summed E-state index contributed by atoms with van der Waals surface area (Å²) in [5.41, 5.74) is 0.852. The average Bonchev–Trinajstić information content (AvgIpc) is 3.05. The lowest BCUT2D eigenvalue weighted by Gasteiger charge is -2.17. The van der Waals surface area contributed by atoms with Crippen LogP contribution in [0.5, 0.6) is 0 Å². The summed E-state index contributed by atoms with van der Waals surface area (Å²) in [5.74, 6) is -0.788. The summed E-state index contributed by atoms with van der Waals surface area (Å²) in [5, 5.41) is 3.17. The van der Waals surface area contributed by atoms with E-state index >= 15 is 0 Å².